The number of esters is 1. The predicted molar refractivity (Wildman–Crippen MR) is 146 cm³/mol. The molecule has 1 N–H and O–H groups in total. The van der Waals surface area contributed by atoms with Crippen LogP contribution in [0.1, 0.15) is 32.0 Å². The standard InChI is InChI=1S/C28H30N4O6S/c1-28(2,3)38-27(35)31-22-24(33)32-23(26(34)37-16-18-9-11-21(36-4)12-10-18)19(17-39-25(22)32)7-5-6-8-20-15-29-13-14-30-20/h5-15,22,25H,16-17H2,1-4H3,(H,31,35)/b7-5+,8-6+/t22-,25-/m1/s1. The molecule has 0 spiro atoms. The van der Waals surface area contributed by atoms with Gasteiger partial charge in [0.2, 0.25) is 0 Å². The van der Waals surface area contributed by atoms with Crippen molar-refractivity contribution in [3.05, 3.63) is 83.6 Å². The van der Waals surface area contributed by atoms with Crippen LogP contribution in [0.25, 0.3) is 6.08 Å². The van der Waals surface area contributed by atoms with Crippen molar-refractivity contribution in [3.8, 4) is 5.75 Å². The number of methoxy groups -OCH3 is 1. The Bertz CT molecular complexity index is 1300. The highest BCUT2D eigenvalue weighted by Crippen LogP contribution is 2.41. The number of nitrogens with one attached hydrogen (secondary N) is 1. The number of fused-ring (bicyclic) bond motifs is 1. The molecule has 0 saturated carbocycles. The molecule has 2 atom stereocenters. The summed E-state index contributed by atoms with van der Waals surface area (Å²) in [5.74, 6) is 0.0911. The van der Waals surface area contributed by atoms with Gasteiger partial charge in [0.05, 0.1) is 19.0 Å². The molecule has 0 aliphatic carbocycles. The minimum absolute atomic E-state index is 0.0231. The number of hydrogen-bond acceptors (Lipinski definition) is 9. The van der Waals surface area contributed by atoms with E-state index in [9.17, 15) is 14.4 Å². The monoisotopic (exact) mass is 550 g/mol. The summed E-state index contributed by atoms with van der Waals surface area (Å²) in [5.41, 5.74) is 1.54. The molecule has 11 heteroatoms. The quantitative estimate of drug-likeness (QED) is 0.297. The molecule has 0 bridgehead atoms. The van der Waals surface area contributed by atoms with Gasteiger partial charge < -0.3 is 19.5 Å². The van der Waals surface area contributed by atoms with Crippen LogP contribution in [-0.2, 0) is 25.7 Å². The Kier molecular flexibility index (Phi) is 8.70. The number of carbonyl (C=O) groups excluding carboxylic acids is 3. The zero-order valence-electron chi connectivity index (χ0n) is 22.1. The van der Waals surface area contributed by atoms with E-state index in [1.54, 1.807) is 95.0 Å². The third kappa shape index (κ3) is 7.05. The summed E-state index contributed by atoms with van der Waals surface area (Å²) in [6.45, 7) is 5.26. The van der Waals surface area contributed by atoms with Gasteiger partial charge in [-0.25, -0.2) is 9.59 Å². The molecule has 1 aromatic carbocycles. The van der Waals surface area contributed by atoms with Crippen molar-refractivity contribution in [2.75, 3.05) is 12.9 Å². The van der Waals surface area contributed by atoms with Crippen molar-refractivity contribution in [2.45, 2.75) is 44.4 Å². The Balaban J connectivity index is 1.53. The maximum absolute atomic E-state index is 13.3. The summed E-state index contributed by atoms with van der Waals surface area (Å²) in [4.78, 5) is 48.4. The van der Waals surface area contributed by atoms with E-state index in [1.807, 2.05) is 0 Å². The highest BCUT2D eigenvalue weighted by molar-refractivity contribution is 8.00. The van der Waals surface area contributed by atoms with Crippen molar-refractivity contribution >= 4 is 35.8 Å². The molecule has 10 nitrogen and oxygen atoms in total. The zero-order chi connectivity index (χ0) is 28.0. The van der Waals surface area contributed by atoms with Gasteiger partial charge in [-0.1, -0.05) is 30.4 Å². The largest absolute Gasteiger partial charge is 0.497 e. The lowest BCUT2D eigenvalue weighted by atomic mass is 10.0. The first-order valence-corrected chi connectivity index (χ1v) is 13.3. The van der Waals surface area contributed by atoms with Crippen molar-refractivity contribution in [1.82, 2.24) is 20.2 Å². The number of amides is 2. The van der Waals surface area contributed by atoms with Crippen molar-refractivity contribution < 1.29 is 28.6 Å². The van der Waals surface area contributed by atoms with Crippen LogP contribution in [0.3, 0.4) is 0 Å². The minimum atomic E-state index is -0.809. The van der Waals surface area contributed by atoms with Crippen LogP contribution in [0.2, 0.25) is 0 Å². The number of allylic oxidation sites excluding steroid dienone is 3. The molecule has 204 valence electrons. The van der Waals surface area contributed by atoms with Crippen molar-refractivity contribution in [2.24, 2.45) is 0 Å². The van der Waals surface area contributed by atoms with E-state index in [2.05, 4.69) is 15.3 Å². The molecular formula is C28H30N4O6S. The van der Waals surface area contributed by atoms with Crippen molar-refractivity contribution in [3.63, 3.8) is 0 Å². The number of benzene rings is 1. The molecule has 2 aliphatic rings. The Morgan fingerprint density at radius 3 is 2.56 bits per heavy atom. The maximum Gasteiger partial charge on any atom is 0.408 e. The summed E-state index contributed by atoms with van der Waals surface area (Å²) in [6.07, 6.45) is 11.2. The first kappa shape index (κ1) is 27.9. The summed E-state index contributed by atoms with van der Waals surface area (Å²) >= 11 is 1.44. The highest BCUT2D eigenvalue weighted by Gasteiger charge is 2.54. The van der Waals surface area contributed by atoms with Gasteiger partial charge in [0.25, 0.3) is 5.91 Å². The van der Waals surface area contributed by atoms with E-state index in [0.717, 1.165) is 5.56 Å². The Morgan fingerprint density at radius 1 is 1.15 bits per heavy atom. The topological polar surface area (TPSA) is 120 Å². The Morgan fingerprint density at radius 2 is 1.90 bits per heavy atom. The number of thioether (sulfide) groups is 1. The van der Waals surface area contributed by atoms with E-state index in [4.69, 9.17) is 14.2 Å². The number of ether oxygens (including phenoxy) is 3. The van der Waals surface area contributed by atoms with E-state index >= 15 is 0 Å². The normalized spacial score (nSPS) is 19.1. The highest BCUT2D eigenvalue weighted by atomic mass is 32.2. The number of nitrogens with zero attached hydrogens (tertiary/aromatic N) is 3. The fourth-order valence-corrected chi connectivity index (χ4v) is 5.17. The molecular weight excluding hydrogens is 520 g/mol. The number of aromatic nitrogens is 2. The molecule has 2 aliphatic heterocycles. The SMILES string of the molecule is COc1ccc(COC(=O)C2=C(/C=C/C=C/c3cnccn3)CS[C@@H]3[C@H](NC(=O)OC(C)(C)C)C(=O)N23)cc1. The lowest BCUT2D eigenvalue weighted by Crippen LogP contribution is -2.70. The fraction of sp³-hybridized carbons (Fsp3) is 0.321. The second-order valence-electron chi connectivity index (χ2n) is 9.68. The van der Waals surface area contributed by atoms with Gasteiger partial charge in [0, 0.05) is 18.1 Å². The van der Waals surface area contributed by atoms with Crippen molar-refractivity contribution in [1.29, 1.82) is 0 Å². The summed E-state index contributed by atoms with van der Waals surface area (Å²) in [6, 6.07) is 6.34. The van der Waals surface area contributed by atoms with E-state index in [-0.39, 0.29) is 12.3 Å². The van der Waals surface area contributed by atoms with Crippen LogP contribution in [0.5, 0.6) is 5.75 Å². The van der Waals surface area contributed by atoms with Gasteiger partial charge in [-0.3, -0.25) is 19.7 Å². The van der Waals surface area contributed by atoms with Gasteiger partial charge in [-0.05, 0) is 50.1 Å². The van der Waals surface area contributed by atoms with Crippen LogP contribution >= 0.6 is 11.8 Å². The first-order chi connectivity index (χ1) is 18.7. The average molecular weight is 551 g/mol. The van der Waals surface area contributed by atoms with Gasteiger partial charge in [0.15, 0.2) is 0 Å². The van der Waals surface area contributed by atoms with Gasteiger partial charge >= 0.3 is 12.1 Å². The first-order valence-electron chi connectivity index (χ1n) is 12.2. The molecule has 4 rings (SSSR count). The van der Waals surface area contributed by atoms with Crippen LogP contribution in [0.15, 0.2) is 72.4 Å². The summed E-state index contributed by atoms with van der Waals surface area (Å²) in [5, 5.41) is 2.18. The zero-order valence-corrected chi connectivity index (χ0v) is 22.9. The smallest absolute Gasteiger partial charge is 0.408 e. The second kappa shape index (κ2) is 12.2. The minimum Gasteiger partial charge on any atom is -0.497 e. The Hall–Kier alpha value is -4.12. The second-order valence-corrected chi connectivity index (χ2v) is 10.8. The lowest BCUT2D eigenvalue weighted by molar-refractivity contribution is -0.152. The number of alkyl carbamates (subject to hydrolysis) is 1. The van der Waals surface area contributed by atoms with Crippen LogP contribution in [0, 0.1) is 0 Å². The van der Waals surface area contributed by atoms with Gasteiger partial charge in [0.1, 0.15) is 35.1 Å². The fourth-order valence-electron chi connectivity index (χ4n) is 3.86. The maximum atomic E-state index is 13.3. The van der Waals surface area contributed by atoms with Gasteiger partial charge in [-0.2, -0.15) is 0 Å². The molecule has 1 saturated heterocycles. The number of carbonyl (C=O) groups is 3. The average Bonchev–Trinajstić information content (AvgIpc) is 2.92. The molecule has 1 fully saturated rings. The van der Waals surface area contributed by atoms with E-state index in [0.29, 0.717) is 22.8 Å². The third-order valence-electron chi connectivity index (χ3n) is 5.65. The van der Waals surface area contributed by atoms with E-state index < -0.39 is 35.0 Å². The number of β-lactam (4-membered cyclic amide) rings is 1. The predicted octanol–water partition coefficient (Wildman–Crippen LogP) is 3.86. The molecule has 1 aromatic heterocycles. The van der Waals surface area contributed by atoms with Crippen LogP contribution in [0.4, 0.5) is 4.79 Å². The number of hydrogen-bond donors (Lipinski definition) is 1. The number of rotatable bonds is 8. The molecule has 2 aromatic rings. The lowest BCUT2D eigenvalue weighted by Gasteiger charge is -2.49. The van der Waals surface area contributed by atoms with Crippen LogP contribution in [-0.4, -0.2) is 62.7 Å². The summed E-state index contributed by atoms with van der Waals surface area (Å²) in [7, 11) is 1.57. The molecule has 39 heavy (non-hydrogen) atoms. The van der Waals surface area contributed by atoms with Crippen LogP contribution < -0.4 is 10.1 Å². The summed E-state index contributed by atoms with van der Waals surface area (Å²) < 4.78 is 16.1. The molecule has 0 radical (unpaired) electrons. The third-order valence-corrected chi connectivity index (χ3v) is 6.95. The van der Waals surface area contributed by atoms with Gasteiger partial charge in [-0.15, -0.1) is 11.8 Å². The van der Waals surface area contributed by atoms with E-state index in [1.165, 1.54) is 16.7 Å². The molecule has 0 unspecified atom stereocenters. The molecule has 3 heterocycles. The Labute approximate surface area is 231 Å². The molecule has 2 amide bonds.